The first-order chi connectivity index (χ1) is 13.8. The number of ether oxygens (including phenoxy) is 1. The largest absolute Gasteiger partial charge is 0.483 e. The molecule has 0 spiro atoms. The summed E-state index contributed by atoms with van der Waals surface area (Å²) >= 11 is 4.96. The van der Waals surface area contributed by atoms with Crippen LogP contribution < -0.4 is 10.1 Å². The molecule has 1 N–H and O–H groups in total. The lowest BCUT2D eigenvalue weighted by molar-refractivity contribution is -0.118. The number of thiazole rings is 1. The molecule has 0 unspecified atom stereocenters. The first-order valence-corrected chi connectivity index (χ1v) is 11.2. The predicted molar refractivity (Wildman–Crippen MR) is 124 cm³/mol. The monoisotopic (exact) mass is 472 g/mol. The third kappa shape index (κ3) is 5.46. The van der Waals surface area contributed by atoms with Crippen LogP contribution in [0, 0.1) is 0 Å². The van der Waals surface area contributed by atoms with Gasteiger partial charge in [-0.2, -0.15) is 0 Å². The Kier molecular flexibility index (Phi) is 6.75. The Morgan fingerprint density at radius 2 is 1.83 bits per heavy atom. The van der Waals surface area contributed by atoms with Crippen molar-refractivity contribution in [2.75, 3.05) is 11.9 Å². The van der Waals surface area contributed by atoms with Crippen LogP contribution in [-0.2, 0) is 16.6 Å². The fraction of sp³-hybridized carbons (Fsp3) is 0.304. The number of carbonyl (C=O) groups is 1. The van der Waals surface area contributed by atoms with Gasteiger partial charge in [0, 0.05) is 14.9 Å². The third-order valence-electron chi connectivity index (χ3n) is 4.44. The van der Waals surface area contributed by atoms with Gasteiger partial charge in [0.1, 0.15) is 5.75 Å². The van der Waals surface area contributed by atoms with Gasteiger partial charge in [0.25, 0.3) is 5.91 Å². The van der Waals surface area contributed by atoms with Crippen LogP contribution in [0.4, 0.5) is 5.13 Å². The summed E-state index contributed by atoms with van der Waals surface area (Å²) in [7, 11) is 0. The molecule has 29 heavy (non-hydrogen) atoms. The second-order valence-electron chi connectivity index (χ2n) is 7.73. The zero-order valence-electron chi connectivity index (χ0n) is 17.1. The number of benzene rings is 2. The highest BCUT2D eigenvalue weighted by Gasteiger charge is 2.19. The van der Waals surface area contributed by atoms with E-state index in [0.29, 0.717) is 5.13 Å². The summed E-state index contributed by atoms with van der Waals surface area (Å²) in [4.78, 5) is 18.3. The van der Waals surface area contributed by atoms with Crippen LogP contribution in [0.3, 0.4) is 0 Å². The molecule has 0 bridgehead atoms. The fourth-order valence-electron chi connectivity index (χ4n) is 2.99. The Labute approximate surface area is 184 Å². The van der Waals surface area contributed by atoms with E-state index >= 15 is 0 Å². The predicted octanol–water partition coefficient (Wildman–Crippen LogP) is 6.45. The Balaban J connectivity index is 1.70. The molecule has 6 heteroatoms. The second kappa shape index (κ2) is 9.09. The molecular weight excluding hydrogens is 448 g/mol. The average molecular weight is 473 g/mol. The molecule has 3 aromatic rings. The van der Waals surface area contributed by atoms with Gasteiger partial charge in [0.2, 0.25) is 0 Å². The van der Waals surface area contributed by atoms with Crippen LogP contribution >= 0.6 is 27.3 Å². The molecule has 4 nitrogen and oxygen atoms in total. The normalized spacial score (nSPS) is 11.3. The van der Waals surface area contributed by atoms with E-state index in [-0.39, 0.29) is 17.9 Å². The highest BCUT2D eigenvalue weighted by atomic mass is 79.9. The molecule has 0 saturated carbocycles. The van der Waals surface area contributed by atoms with E-state index in [1.54, 1.807) is 0 Å². The number of hydrogen-bond acceptors (Lipinski definition) is 4. The standard InChI is InChI=1S/C23H25BrN2O2S/c1-5-19-21(15-10-12-16(24)13-11-15)26-22(29-19)25-20(27)14-28-18-9-7-6-8-17(18)23(2,3)4/h6-13H,5,14H2,1-4H3,(H,25,26,27). The zero-order chi connectivity index (χ0) is 21.0. The van der Waals surface area contributed by atoms with Crippen molar-refractivity contribution in [2.24, 2.45) is 0 Å². The summed E-state index contributed by atoms with van der Waals surface area (Å²) in [6, 6.07) is 15.9. The fourth-order valence-corrected chi connectivity index (χ4v) is 4.19. The van der Waals surface area contributed by atoms with Crippen LogP contribution in [0.25, 0.3) is 11.3 Å². The third-order valence-corrected chi connectivity index (χ3v) is 6.08. The summed E-state index contributed by atoms with van der Waals surface area (Å²) in [5, 5.41) is 3.48. The van der Waals surface area contributed by atoms with Gasteiger partial charge in [-0.05, 0) is 35.6 Å². The lowest BCUT2D eigenvalue weighted by atomic mass is 9.86. The highest BCUT2D eigenvalue weighted by molar-refractivity contribution is 9.10. The van der Waals surface area contributed by atoms with Gasteiger partial charge in [0.05, 0.1) is 5.69 Å². The van der Waals surface area contributed by atoms with Crippen molar-refractivity contribution in [1.29, 1.82) is 0 Å². The lowest BCUT2D eigenvalue weighted by Crippen LogP contribution is -2.21. The van der Waals surface area contributed by atoms with Gasteiger partial charge >= 0.3 is 0 Å². The molecule has 152 valence electrons. The molecular formula is C23H25BrN2O2S. The Hall–Kier alpha value is -2.18. The number of carbonyl (C=O) groups excluding carboxylic acids is 1. The van der Waals surface area contributed by atoms with E-state index in [1.807, 2.05) is 48.5 Å². The van der Waals surface area contributed by atoms with Gasteiger partial charge in [-0.25, -0.2) is 4.98 Å². The molecule has 0 saturated heterocycles. The number of aryl methyl sites for hydroxylation is 1. The Morgan fingerprint density at radius 3 is 2.48 bits per heavy atom. The molecule has 0 fully saturated rings. The Morgan fingerprint density at radius 1 is 1.14 bits per heavy atom. The number of aromatic nitrogens is 1. The lowest BCUT2D eigenvalue weighted by Gasteiger charge is -2.22. The van der Waals surface area contributed by atoms with E-state index in [2.05, 4.69) is 53.9 Å². The average Bonchev–Trinajstić information content (AvgIpc) is 3.09. The number of rotatable bonds is 6. The van der Waals surface area contributed by atoms with Crippen LogP contribution in [0.15, 0.2) is 53.0 Å². The smallest absolute Gasteiger partial charge is 0.264 e. The van der Waals surface area contributed by atoms with Crippen molar-refractivity contribution < 1.29 is 9.53 Å². The van der Waals surface area contributed by atoms with E-state index < -0.39 is 0 Å². The second-order valence-corrected chi connectivity index (χ2v) is 9.73. The van der Waals surface area contributed by atoms with Crippen LogP contribution in [0.1, 0.15) is 38.1 Å². The SMILES string of the molecule is CCc1sc(NC(=O)COc2ccccc2C(C)(C)C)nc1-c1ccc(Br)cc1. The number of anilines is 1. The maximum Gasteiger partial charge on any atom is 0.264 e. The van der Waals surface area contributed by atoms with Crippen molar-refractivity contribution in [3.8, 4) is 17.0 Å². The first-order valence-electron chi connectivity index (χ1n) is 9.55. The van der Waals surface area contributed by atoms with Crippen LogP contribution in [-0.4, -0.2) is 17.5 Å². The summed E-state index contributed by atoms with van der Waals surface area (Å²) in [5.74, 6) is 0.520. The number of amides is 1. The van der Waals surface area contributed by atoms with E-state index in [0.717, 1.165) is 38.3 Å². The maximum atomic E-state index is 12.5. The number of halogens is 1. The molecule has 1 amide bonds. The molecule has 0 aliphatic carbocycles. The van der Waals surface area contributed by atoms with Gasteiger partial charge in [-0.1, -0.05) is 74.0 Å². The number of nitrogens with one attached hydrogen (secondary N) is 1. The molecule has 0 atom stereocenters. The van der Waals surface area contributed by atoms with E-state index in [1.165, 1.54) is 11.3 Å². The van der Waals surface area contributed by atoms with E-state index in [4.69, 9.17) is 4.74 Å². The maximum absolute atomic E-state index is 12.5. The van der Waals surface area contributed by atoms with Crippen molar-refractivity contribution in [3.63, 3.8) is 0 Å². The molecule has 1 aromatic heterocycles. The van der Waals surface area contributed by atoms with Gasteiger partial charge in [-0.3, -0.25) is 10.1 Å². The minimum atomic E-state index is -0.215. The van der Waals surface area contributed by atoms with Gasteiger partial charge in [-0.15, -0.1) is 11.3 Å². The van der Waals surface area contributed by atoms with Crippen molar-refractivity contribution in [1.82, 2.24) is 4.98 Å². The highest BCUT2D eigenvalue weighted by Crippen LogP contribution is 2.33. The molecule has 3 rings (SSSR count). The summed E-state index contributed by atoms with van der Waals surface area (Å²) in [5.41, 5.74) is 2.97. The quantitative estimate of drug-likeness (QED) is 0.448. The Bertz CT molecular complexity index is 991. The van der Waals surface area contributed by atoms with Crippen molar-refractivity contribution in [2.45, 2.75) is 39.5 Å². The van der Waals surface area contributed by atoms with Crippen LogP contribution in [0.2, 0.25) is 0 Å². The van der Waals surface area contributed by atoms with Gasteiger partial charge in [0.15, 0.2) is 11.7 Å². The first kappa shape index (κ1) is 21.5. The number of hydrogen-bond donors (Lipinski definition) is 1. The summed E-state index contributed by atoms with van der Waals surface area (Å²) in [6.07, 6.45) is 0.856. The molecule has 0 aliphatic heterocycles. The van der Waals surface area contributed by atoms with Crippen LogP contribution in [0.5, 0.6) is 5.75 Å². The molecule has 0 aliphatic rings. The molecule has 2 aromatic carbocycles. The van der Waals surface area contributed by atoms with Gasteiger partial charge < -0.3 is 4.74 Å². The number of nitrogens with zero attached hydrogens (tertiary/aromatic N) is 1. The topological polar surface area (TPSA) is 51.2 Å². The molecule has 0 radical (unpaired) electrons. The summed E-state index contributed by atoms with van der Waals surface area (Å²) in [6.45, 7) is 8.41. The minimum absolute atomic E-state index is 0.0538. The molecule has 1 heterocycles. The van der Waals surface area contributed by atoms with Crippen molar-refractivity contribution >= 4 is 38.3 Å². The van der Waals surface area contributed by atoms with E-state index in [9.17, 15) is 4.79 Å². The number of para-hydroxylation sites is 1. The summed E-state index contributed by atoms with van der Waals surface area (Å²) < 4.78 is 6.84. The minimum Gasteiger partial charge on any atom is -0.483 e. The zero-order valence-corrected chi connectivity index (χ0v) is 19.5. The van der Waals surface area contributed by atoms with Crippen molar-refractivity contribution in [3.05, 3.63) is 63.4 Å².